The van der Waals surface area contributed by atoms with Crippen LogP contribution < -0.4 is 9.47 Å². The summed E-state index contributed by atoms with van der Waals surface area (Å²) in [4.78, 5) is 13.0. The first kappa shape index (κ1) is 22.1. The maximum absolute atomic E-state index is 11.3. The lowest BCUT2D eigenvalue weighted by molar-refractivity contribution is -0.139. The number of carbonyl (C=O) groups excluding carboxylic acids is 1. The molecule has 0 unspecified atom stereocenters. The summed E-state index contributed by atoms with van der Waals surface area (Å²) in [6, 6.07) is 12.9. The predicted octanol–water partition coefficient (Wildman–Crippen LogP) is 4.36. The van der Waals surface area contributed by atoms with E-state index in [-0.39, 0.29) is 12.4 Å². The number of halogens is 1. The van der Waals surface area contributed by atoms with Crippen molar-refractivity contribution in [2.45, 2.75) is 38.5 Å². The summed E-state index contributed by atoms with van der Waals surface area (Å²) >= 11 is 6.22. The van der Waals surface area contributed by atoms with Gasteiger partial charge in [0, 0.05) is 11.4 Å². The zero-order valence-electron chi connectivity index (χ0n) is 18.1. The van der Waals surface area contributed by atoms with Gasteiger partial charge in [0.05, 0.1) is 38.1 Å². The van der Waals surface area contributed by atoms with Crippen LogP contribution in [0.25, 0.3) is 5.69 Å². The lowest BCUT2D eigenvalue weighted by Gasteiger charge is -2.12. The first-order valence-corrected chi connectivity index (χ1v) is 11.2. The number of benzene rings is 2. The first-order chi connectivity index (χ1) is 15.6. The molecule has 1 heterocycles. The quantitative estimate of drug-likeness (QED) is 0.352. The molecule has 0 amide bonds. The Hall–Kier alpha value is -3.06. The van der Waals surface area contributed by atoms with E-state index in [0.29, 0.717) is 30.4 Å². The molecule has 4 rings (SSSR count). The third kappa shape index (κ3) is 5.59. The fraction of sp³-hybridized carbons (Fsp3) is 0.375. The Morgan fingerprint density at radius 2 is 1.69 bits per heavy atom. The number of hydrogen-bond donors (Lipinski definition) is 0. The number of carbonyl (C=O) groups is 1. The van der Waals surface area contributed by atoms with Crippen molar-refractivity contribution in [3.63, 3.8) is 0 Å². The van der Waals surface area contributed by atoms with Gasteiger partial charge < -0.3 is 14.2 Å². The molecule has 1 aromatic heterocycles. The molecular formula is C24H26ClN3O4. The third-order valence-corrected chi connectivity index (χ3v) is 5.53. The second-order valence-corrected chi connectivity index (χ2v) is 8.09. The van der Waals surface area contributed by atoms with Crippen LogP contribution in [-0.4, -0.2) is 41.3 Å². The van der Waals surface area contributed by atoms with Gasteiger partial charge in [0.1, 0.15) is 17.2 Å². The number of rotatable bonds is 9. The second-order valence-electron chi connectivity index (χ2n) is 7.65. The van der Waals surface area contributed by atoms with Crippen molar-refractivity contribution in [2.75, 3.05) is 20.3 Å². The van der Waals surface area contributed by atoms with Crippen LogP contribution in [0, 0.1) is 0 Å². The van der Waals surface area contributed by atoms with Crippen LogP contribution in [0.15, 0.2) is 42.5 Å². The molecule has 0 aliphatic heterocycles. The van der Waals surface area contributed by atoms with Crippen molar-refractivity contribution in [3.05, 3.63) is 64.4 Å². The molecule has 3 aromatic rings. The summed E-state index contributed by atoms with van der Waals surface area (Å²) < 4.78 is 16.4. The van der Waals surface area contributed by atoms with E-state index in [1.807, 2.05) is 36.4 Å². The minimum atomic E-state index is -0.261. The zero-order chi connectivity index (χ0) is 22.3. The van der Waals surface area contributed by atoms with Crippen molar-refractivity contribution in [3.8, 4) is 17.2 Å². The third-order valence-electron chi connectivity index (χ3n) is 5.29. The standard InChI is InChI=1S/C24H26ClN3O4/c1-30-24(29)15-17-7-10-19(11-8-17)31-13-4-14-32-23-12-9-18(25)16-22(23)28-26-20-5-2-3-6-21(20)27-28/h7-12,16H,2-6,13-15H2,1H3. The highest BCUT2D eigenvalue weighted by Crippen LogP contribution is 2.27. The maximum Gasteiger partial charge on any atom is 0.309 e. The SMILES string of the molecule is COC(=O)Cc1ccc(OCCCOc2ccc(Cl)cc2-n2nc3c(n2)CCCC3)cc1. The van der Waals surface area contributed by atoms with Gasteiger partial charge in [0.2, 0.25) is 0 Å². The Morgan fingerprint density at radius 3 is 2.38 bits per heavy atom. The molecule has 0 fully saturated rings. The van der Waals surface area contributed by atoms with Crippen LogP contribution in [0.5, 0.6) is 11.5 Å². The molecule has 0 radical (unpaired) electrons. The largest absolute Gasteiger partial charge is 0.493 e. The summed E-state index contributed by atoms with van der Waals surface area (Å²) in [6.45, 7) is 0.990. The van der Waals surface area contributed by atoms with Gasteiger partial charge in [-0.2, -0.15) is 10.2 Å². The smallest absolute Gasteiger partial charge is 0.309 e. The van der Waals surface area contributed by atoms with Gasteiger partial charge in [0.15, 0.2) is 0 Å². The number of hydrogen-bond acceptors (Lipinski definition) is 6. The van der Waals surface area contributed by atoms with Crippen LogP contribution in [-0.2, 0) is 28.8 Å². The average Bonchev–Trinajstić information content (AvgIpc) is 3.25. The number of ether oxygens (including phenoxy) is 3. The number of aromatic nitrogens is 3. The molecular weight excluding hydrogens is 430 g/mol. The maximum atomic E-state index is 11.3. The van der Waals surface area contributed by atoms with Crippen molar-refractivity contribution < 1.29 is 19.0 Å². The lowest BCUT2D eigenvalue weighted by Crippen LogP contribution is -2.08. The van der Waals surface area contributed by atoms with E-state index >= 15 is 0 Å². The van der Waals surface area contributed by atoms with E-state index in [1.165, 1.54) is 7.11 Å². The Morgan fingerprint density at radius 1 is 1.00 bits per heavy atom. The summed E-state index contributed by atoms with van der Waals surface area (Å²) in [7, 11) is 1.38. The number of methoxy groups -OCH3 is 1. The lowest BCUT2D eigenvalue weighted by atomic mass is 10.0. The molecule has 0 N–H and O–H groups in total. The van der Waals surface area contributed by atoms with Crippen molar-refractivity contribution in [1.29, 1.82) is 0 Å². The minimum absolute atomic E-state index is 0.252. The number of esters is 1. The van der Waals surface area contributed by atoms with E-state index < -0.39 is 0 Å². The van der Waals surface area contributed by atoms with Gasteiger partial charge in [-0.3, -0.25) is 4.79 Å². The Labute approximate surface area is 192 Å². The summed E-state index contributed by atoms with van der Waals surface area (Å²) in [5.74, 6) is 1.17. The number of fused-ring (bicyclic) bond motifs is 1. The molecule has 1 aliphatic carbocycles. The molecule has 0 spiro atoms. The fourth-order valence-corrected chi connectivity index (χ4v) is 3.76. The van der Waals surface area contributed by atoms with Crippen LogP contribution in [0.4, 0.5) is 0 Å². The highest BCUT2D eigenvalue weighted by atomic mass is 35.5. The fourth-order valence-electron chi connectivity index (χ4n) is 3.59. The van der Waals surface area contributed by atoms with Crippen molar-refractivity contribution in [1.82, 2.24) is 15.0 Å². The van der Waals surface area contributed by atoms with Gasteiger partial charge in [-0.1, -0.05) is 23.7 Å². The Kier molecular flexibility index (Phi) is 7.27. The number of aryl methyl sites for hydroxylation is 2. The molecule has 32 heavy (non-hydrogen) atoms. The summed E-state index contributed by atoms with van der Waals surface area (Å²) in [5, 5.41) is 9.91. The second kappa shape index (κ2) is 10.5. The van der Waals surface area contributed by atoms with Gasteiger partial charge in [-0.25, -0.2) is 0 Å². The molecule has 0 saturated heterocycles. The number of nitrogens with zero attached hydrogens (tertiary/aromatic N) is 3. The van der Waals surface area contributed by atoms with Crippen LogP contribution in [0.2, 0.25) is 5.02 Å². The van der Waals surface area contributed by atoms with E-state index in [0.717, 1.165) is 54.1 Å². The molecule has 2 aromatic carbocycles. The van der Waals surface area contributed by atoms with E-state index in [2.05, 4.69) is 14.9 Å². The van der Waals surface area contributed by atoms with Gasteiger partial charge >= 0.3 is 5.97 Å². The highest BCUT2D eigenvalue weighted by molar-refractivity contribution is 6.30. The molecule has 7 nitrogen and oxygen atoms in total. The topological polar surface area (TPSA) is 75.5 Å². The predicted molar refractivity (Wildman–Crippen MR) is 121 cm³/mol. The summed E-state index contributed by atoms with van der Waals surface area (Å²) in [5.41, 5.74) is 3.76. The van der Waals surface area contributed by atoms with E-state index in [4.69, 9.17) is 21.1 Å². The normalized spacial score (nSPS) is 12.8. The molecule has 0 saturated carbocycles. The Balaban J connectivity index is 1.30. The molecule has 0 atom stereocenters. The summed E-state index contributed by atoms with van der Waals surface area (Å²) in [6.07, 6.45) is 5.19. The first-order valence-electron chi connectivity index (χ1n) is 10.8. The molecule has 168 valence electrons. The van der Waals surface area contributed by atoms with Crippen LogP contribution in [0.1, 0.15) is 36.2 Å². The molecule has 0 bridgehead atoms. The van der Waals surface area contributed by atoms with Crippen LogP contribution in [0.3, 0.4) is 0 Å². The van der Waals surface area contributed by atoms with Gasteiger partial charge in [0.25, 0.3) is 0 Å². The van der Waals surface area contributed by atoms with Gasteiger partial charge in [-0.05, 0) is 61.6 Å². The van der Waals surface area contributed by atoms with E-state index in [9.17, 15) is 4.79 Å². The highest BCUT2D eigenvalue weighted by Gasteiger charge is 2.18. The molecule has 8 heteroatoms. The van der Waals surface area contributed by atoms with Crippen molar-refractivity contribution in [2.24, 2.45) is 0 Å². The van der Waals surface area contributed by atoms with Crippen LogP contribution >= 0.6 is 11.6 Å². The minimum Gasteiger partial charge on any atom is -0.493 e. The monoisotopic (exact) mass is 455 g/mol. The Bertz CT molecular complexity index is 1040. The van der Waals surface area contributed by atoms with Crippen molar-refractivity contribution >= 4 is 17.6 Å². The average molecular weight is 456 g/mol. The zero-order valence-corrected chi connectivity index (χ0v) is 18.8. The van der Waals surface area contributed by atoms with Gasteiger partial charge in [-0.15, -0.1) is 4.80 Å². The van der Waals surface area contributed by atoms with E-state index in [1.54, 1.807) is 10.9 Å². The molecule has 1 aliphatic rings.